The molecule has 116 valence electrons. The monoisotopic (exact) mass is 295 g/mol. The maximum Gasteiger partial charge on any atom is 0.311 e. The van der Waals surface area contributed by atoms with E-state index >= 15 is 0 Å². The quantitative estimate of drug-likeness (QED) is 0.558. The summed E-state index contributed by atoms with van der Waals surface area (Å²) in [6.07, 6.45) is 0.346. The highest BCUT2D eigenvalue weighted by molar-refractivity contribution is 5.79. The summed E-state index contributed by atoms with van der Waals surface area (Å²) in [4.78, 5) is 21.8. The molecule has 0 aliphatic heterocycles. The van der Waals surface area contributed by atoms with Gasteiger partial charge >= 0.3 is 5.69 Å². The molecule has 0 bridgehead atoms. The fraction of sp³-hybridized carbons (Fsp3) is 0.500. The standard InChI is InChI=1S/C14H21N3O4/c1-9(2)16-11(14(15)18)6-7-21-13-5-4-10(3)8-12(13)17(19)20/h4-5,8-9,11,16H,6-7H2,1-3H3,(H2,15,18). The molecule has 0 heterocycles. The van der Waals surface area contributed by atoms with E-state index in [0.717, 1.165) is 5.56 Å². The van der Waals surface area contributed by atoms with Crippen molar-refractivity contribution in [2.24, 2.45) is 5.73 Å². The van der Waals surface area contributed by atoms with E-state index < -0.39 is 16.9 Å². The Labute approximate surface area is 123 Å². The molecule has 7 heteroatoms. The van der Waals surface area contributed by atoms with Gasteiger partial charge in [0.05, 0.1) is 17.6 Å². The zero-order chi connectivity index (χ0) is 16.0. The maximum absolute atomic E-state index is 11.3. The Hall–Kier alpha value is -2.15. The van der Waals surface area contributed by atoms with Gasteiger partial charge in [-0.3, -0.25) is 14.9 Å². The average molecular weight is 295 g/mol. The minimum atomic E-state index is -0.519. The largest absolute Gasteiger partial charge is 0.487 e. The van der Waals surface area contributed by atoms with Crippen molar-refractivity contribution in [1.82, 2.24) is 5.32 Å². The molecule has 0 fully saturated rings. The number of amides is 1. The minimum absolute atomic E-state index is 0.0811. The zero-order valence-electron chi connectivity index (χ0n) is 12.5. The summed E-state index contributed by atoms with van der Waals surface area (Å²) >= 11 is 0. The number of nitrogens with two attached hydrogens (primary N) is 1. The van der Waals surface area contributed by atoms with Gasteiger partial charge in [-0.1, -0.05) is 19.9 Å². The number of nitro benzene ring substituents is 1. The fourth-order valence-corrected chi connectivity index (χ4v) is 1.89. The van der Waals surface area contributed by atoms with E-state index in [4.69, 9.17) is 10.5 Å². The van der Waals surface area contributed by atoms with Gasteiger partial charge in [-0.05, 0) is 18.6 Å². The molecule has 0 saturated heterocycles. The number of carbonyl (C=O) groups excluding carboxylic acids is 1. The molecular weight excluding hydrogens is 274 g/mol. The normalized spacial score (nSPS) is 12.2. The molecule has 0 aliphatic rings. The number of ether oxygens (including phenoxy) is 1. The second-order valence-electron chi connectivity index (χ2n) is 5.14. The summed E-state index contributed by atoms with van der Waals surface area (Å²) in [7, 11) is 0. The van der Waals surface area contributed by atoms with Crippen LogP contribution in [0.3, 0.4) is 0 Å². The van der Waals surface area contributed by atoms with Gasteiger partial charge in [0, 0.05) is 18.5 Å². The summed E-state index contributed by atoms with van der Waals surface area (Å²) in [5.74, 6) is -0.274. The lowest BCUT2D eigenvalue weighted by Crippen LogP contribution is -2.45. The molecule has 3 N–H and O–H groups in total. The highest BCUT2D eigenvalue weighted by atomic mass is 16.6. The fourth-order valence-electron chi connectivity index (χ4n) is 1.89. The number of aryl methyl sites for hydroxylation is 1. The topological polar surface area (TPSA) is 107 Å². The van der Waals surface area contributed by atoms with E-state index in [1.165, 1.54) is 6.07 Å². The van der Waals surface area contributed by atoms with E-state index in [-0.39, 0.29) is 24.1 Å². The first-order chi connectivity index (χ1) is 9.81. The van der Waals surface area contributed by atoms with Crippen LogP contribution in [0.5, 0.6) is 5.75 Å². The molecule has 1 unspecified atom stereocenters. The summed E-state index contributed by atoms with van der Waals surface area (Å²) in [6.45, 7) is 5.74. The molecule has 1 rings (SSSR count). The molecule has 7 nitrogen and oxygen atoms in total. The first-order valence-corrected chi connectivity index (χ1v) is 6.74. The molecule has 0 saturated carbocycles. The van der Waals surface area contributed by atoms with Crippen LogP contribution in [-0.2, 0) is 4.79 Å². The van der Waals surface area contributed by atoms with Crippen LogP contribution in [-0.4, -0.2) is 29.5 Å². The van der Waals surface area contributed by atoms with E-state index in [1.807, 2.05) is 13.8 Å². The van der Waals surface area contributed by atoms with Gasteiger partial charge in [-0.2, -0.15) is 0 Å². The number of nitrogens with one attached hydrogen (secondary N) is 1. The van der Waals surface area contributed by atoms with Crippen LogP contribution >= 0.6 is 0 Å². The summed E-state index contributed by atoms with van der Waals surface area (Å²) in [5, 5.41) is 14.0. The second-order valence-corrected chi connectivity index (χ2v) is 5.14. The van der Waals surface area contributed by atoms with Crippen molar-refractivity contribution in [1.29, 1.82) is 0 Å². The van der Waals surface area contributed by atoms with Crippen molar-refractivity contribution in [3.8, 4) is 5.75 Å². The first-order valence-electron chi connectivity index (χ1n) is 6.74. The lowest BCUT2D eigenvalue weighted by Gasteiger charge is -2.18. The Balaban J connectivity index is 2.66. The highest BCUT2D eigenvalue weighted by Crippen LogP contribution is 2.27. The Kier molecular flexibility index (Phi) is 6.10. The van der Waals surface area contributed by atoms with Crippen LogP contribution in [0.25, 0.3) is 0 Å². The molecule has 1 aromatic rings. The molecular formula is C14H21N3O4. The molecule has 1 aromatic carbocycles. The molecule has 1 amide bonds. The summed E-state index contributed by atoms with van der Waals surface area (Å²) in [5.41, 5.74) is 6.00. The summed E-state index contributed by atoms with van der Waals surface area (Å²) < 4.78 is 5.43. The van der Waals surface area contributed by atoms with Crippen LogP contribution in [0, 0.1) is 17.0 Å². The number of carbonyl (C=O) groups is 1. The first kappa shape index (κ1) is 16.9. The summed E-state index contributed by atoms with van der Waals surface area (Å²) in [6, 6.07) is 4.33. The van der Waals surface area contributed by atoms with Gasteiger partial charge in [0.15, 0.2) is 5.75 Å². The third-order valence-electron chi connectivity index (χ3n) is 2.85. The lowest BCUT2D eigenvalue weighted by molar-refractivity contribution is -0.385. The number of hydrogen-bond donors (Lipinski definition) is 2. The highest BCUT2D eigenvalue weighted by Gasteiger charge is 2.18. The number of benzene rings is 1. The van der Waals surface area contributed by atoms with Gasteiger partial charge in [0.1, 0.15) is 0 Å². The molecule has 1 atom stereocenters. The molecule has 0 aliphatic carbocycles. The number of nitrogens with zero attached hydrogens (tertiary/aromatic N) is 1. The van der Waals surface area contributed by atoms with Gasteiger partial charge in [-0.15, -0.1) is 0 Å². The van der Waals surface area contributed by atoms with E-state index in [2.05, 4.69) is 5.32 Å². The Bertz CT molecular complexity index is 517. The van der Waals surface area contributed by atoms with Crippen LogP contribution in [0.1, 0.15) is 25.8 Å². The number of rotatable bonds is 8. The molecule has 21 heavy (non-hydrogen) atoms. The number of hydrogen-bond acceptors (Lipinski definition) is 5. The van der Waals surface area contributed by atoms with Crippen LogP contribution < -0.4 is 15.8 Å². The van der Waals surface area contributed by atoms with Gasteiger partial charge in [-0.25, -0.2) is 0 Å². The third-order valence-corrected chi connectivity index (χ3v) is 2.85. The second kappa shape index (κ2) is 7.58. The molecule has 0 spiro atoms. The van der Waals surface area contributed by atoms with Crippen molar-refractivity contribution in [2.75, 3.05) is 6.61 Å². The van der Waals surface area contributed by atoms with Crippen LogP contribution in [0.15, 0.2) is 18.2 Å². The van der Waals surface area contributed by atoms with Crippen LogP contribution in [0.4, 0.5) is 5.69 Å². The minimum Gasteiger partial charge on any atom is -0.487 e. The van der Waals surface area contributed by atoms with Crippen molar-refractivity contribution in [2.45, 2.75) is 39.3 Å². The van der Waals surface area contributed by atoms with Crippen molar-refractivity contribution >= 4 is 11.6 Å². The molecule has 0 aromatic heterocycles. The number of primary amides is 1. The lowest BCUT2D eigenvalue weighted by atomic mass is 10.2. The average Bonchev–Trinajstić information content (AvgIpc) is 2.38. The Morgan fingerprint density at radius 2 is 2.14 bits per heavy atom. The van der Waals surface area contributed by atoms with Gasteiger partial charge in [0.25, 0.3) is 0 Å². The number of nitro groups is 1. The Morgan fingerprint density at radius 1 is 1.48 bits per heavy atom. The SMILES string of the molecule is Cc1ccc(OCCC(NC(C)C)C(N)=O)c([N+](=O)[O-])c1. The molecule has 0 radical (unpaired) electrons. The smallest absolute Gasteiger partial charge is 0.311 e. The zero-order valence-corrected chi connectivity index (χ0v) is 12.5. The predicted octanol–water partition coefficient (Wildman–Crippen LogP) is 1.52. The predicted molar refractivity (Wildman–Crippen MR) is 79.2 cm³/mol. The van der Waals surface area contributed by atoms with Crippen molar-refractivity contribution < 1.29 is 14.5 Å². The van der Waals surface area contributed by atoms with E-state index in [9.17, 15) is 14.9 Å². The van der Waals surface area contributed by atoms with E-state index in [1.54, 1.807) is 19.1 Å². The van der Waals surface area contributed by atoms with Gasteiger partial charge < -0.3 is 15.8 Å². The van der Waals surface area contributed by atoms with Crippen molar-refractivity contribution in [3.63, 3.8) is 0 Å². The van der Waals surface area contributed by atoms with Crippen molar-refractivity contribution in [3.05, 3.63) is 33.9 Å². The Morgan fingerprint density at radius 3 is 2.67 bits per heavy atom. The van der Waals surface area contributed by atoms with E-state index in [0.29, 0.717) is 6.42 Å². The van der Waals surface area contributed by atoms with Crippen LogP contribution in [0.2, 0.25) is 0 Å². The third kappa shape index (κ3) is 5.39. The van der Waals surface area contributed by atoms with Gasteiger partial charge in [0.2, 0.25) is 5.91 Å². The maximum atomic E-state index is 11.3.